The molecule has 5 aromatic carbocycles. The maximum Gasteiger partial charge on any atom is 0.461 e. The van der Waals surface area contributed by atoms with Crippen LogP contribution >= 0.6 is 27.7 Å². The average molecular weight is 1540 g/mol. The maximum atomic E-state index is 12.8. The van der Waals surface area contributed by atoms with Crippen LogP contribution in [-0.4, -0.2) is 23.0 Å². The first kappa shape index (κ1) is 89.4. The van der Waals surface area contributed by atoms with Crippen molar-refractivity contribution in [2.75, 3.05) is 0 Å². The summed E-state index contributed by atoms with van der Waals surface area (Å²) in [5.41, 5.74) is -10.3. The average Bonchev–Trinajstić information content (AvgIpc) is 0.845. The van der Waals surface area contributed by atoms with Crippen molar-refractivity contribution in [3.8, 4) is 11.8 Å². The normalized spacial score (nSPS) is 12.7. The highest BCUT2D eigenvalue weighted by atomic mass is 79.9. The zero-order valence-corrected chi connectivity index (χ0v) is 55.3. The molecule has 0 unspecified atom stereocenters. The summed E-state index contributed by atoms with van der Waals surface area (Å²) < 4.78 is 364. The van der Waals surface area contributed by atoms with E-state index in [2.05, 4.69) is 25.7 Å². The van der Waals surface area contributed by atoms with E-state index in [-0.39, 0.29) is 52.0 Å². The lowest BCUT2D eigenvalue weighted by Gasteiger charge is -2.19. The monoisotopic (exact) mass is 1530 g/mol. The highest BCUT2D eigenvalue weighted by Crippen LogP contribution is 2.43. The quantitative estimate of drug-likeness (QED) is 0.101. The Bertz CT molecular complexity index is 3450. The van der Waals surface area contributed by atoms with Gasteiger partial charge < -0.3 is 4.74 Å². The molecule has 0 amide bonds. The van der Waals surface area contributed by atoms with Gasteiger partial charge in [0.15, 0.2) is 0 Å². The number of hydrogen-bond donors (Lipinski definition) is 0. The molecule has 0 atom stereocenters. The van der Waals surface area contributed by atoms with Crippen molar-refractivity contribution in [1.82, 2.24) is 4.98 Å². The van der Waals surface area contributed by atoms with Crippen LogP contribution in [0.3, 0.4) is 0 Å². The van der Waals surface area contributed by atoms with E-state index in [4.69, 9.17) is 5.26 Å². The molecule has 0 aliphatic carbocycles. The molecule has 34 heteroatoms. The van der Waals surface area contributed by atoms with Gasteiger partial charge in [-0.05, 0) is 184 Å². The number of thioether (sulfide) groups is 1. The van der Waals surface area contributed by atoms with Crippen LogP contribution in [0.15, 0.2) is 112 Å². The molecule has 3 nitrogen and oxygen atoms in total. The van der Waals surface area contributed by atoms with Crippen LogP contribution in [0.2, 0.25) is 0 Å². The van der Waals surface area contributed by atoms with Crippen molar-refractivity contribution < 1.29 is 132 Å². The van der Waals surface area contributed by atoms with Gasteiger partial charge in [-0.25, -0.2) is 9.37 Å². The van der Waals surface area contributed by atoms with E-state index in [1.165, 1.54) is 39.8 Å². The molecule has 0 spiro atoms. The molecule has 548 valence electrons. The molecule has 0 saturated heterocycles. The number of aromatic nitrogens is 1. The highest BCUT2D eigenvalue weighted by molar-refractivity contribution is 9.10. The second-order valence-corrected chi connectivity index (χ2v) is 24.7. The topological polar surface area (TPSA) is 45.9 Å². The van der Waals surface area contributed by atoms with Gasteiger partial charge in [0.2, 0.25) is 0 Å². The highest BCUT2D eigenvalue weighted by Gasteiger charge is 2.45. The van der Waals surface area contributed by atoms with Crippen LogP contribution in [-0.2, 0) is 43.2 Å². The number of ether oxygens (including phenoxy) is 1. The van der Waals surface area contributed by atoms with Gasteiger partial charge in [0, 0.05) is 9.37 Å². The third kappa shape index (κ3) is 31.3. The van der Waals surface area contributed by atoms with Crippen LogP contribution in [0.25, 0.3) is 0 Å². The summed E-state index contributed by atoms with van der Waals surface area (Å²) >= 11 is 2.54. The molecule has 1 heterocycles. The summed E-state index contributed by atoms with van der Waals surface area (Å²) in [6.07, 6.45) is -41.3. The fourth-order valence-corrected chi connectivity index (χ4v) is 8.46. The van der Waals surface area contributed by atoms with Gasteiger partial charge in [0.1, 0.15) is 23.0 Å². The third-order valence-electron chi connectivity index (χ3n) is 12.6. The Hall–Kier alpha value is -6.66. The van der Waals surface area contributed by atoms with Crippen molar-refractivity contribution in [3.63, 3.8) is 0 Å². The minimum atomic E-state index is -4.88. The van der Waals surface area contributed by atoms with Crippen LogP contribution in [0.4, 0.5) is 127 Å². The van der Waals surface area contributed by atoms with E-state index in [1.54, 1.807) is 53.7 Å². The molecule has 1 aromatic heterocycles. The zero-order valence-electron chi connectivity index (χ0n) is 52.9. The van der Waals surface area contributed by atoms with E-state index >= 15 is 0 Å². The lowest BCUT2D eigenvalue weighted by Crippen LogP contribution is -2.33. The summed E-state index contributed by atoms with van der Waals surface area (Å²) in [6.45, 7) is 20.1. The first-order chi connectivity index (χ1) is 43.9. The van der Waals surface area contributed by atoms with Crippen molar-refractivity contribution in [2.45, 2.75) is 185 Å². The largest absolute Gasteiger partial charge is 0.461 e. The summed E-state index contributed by atoms with van der Waals surface area (Å²) in [4.78, 5) is 2.16. The van der Waals surface area contributed by atoms with Gasteiger partial charge >= 0.3 is 61.3 Å². The predicted octanol–water partition coefficient (Wildman–Crippen LogP) is 27.0. The lowest BCUT2D eigenvalue weighted by molar-refractivity contribution is -0.253. The number of rotatable bonds is 10. The first-order valence-corrected chi connectivity index (χ1v) is 29.6. The van der Waals surface area contributed by atoms with Crippen molar-refractivity contribution in [1.29, 1.82) is 5.26 Å². The number of halogens is 30. The second-order valence-electron chi connectivity index (χ2n) is 22.7. The minimum Gasteiger partial charge on any atom is -0.428 e. The van der Waals surface area contributed by atoms with Crippen LogP contribution in [0.1, 0.15) is 197 Å². The molecule has 6 rings (SSSR count). The van der Waals surface area contributed by atoms with Gasteiger partial charge in [0.05, 0.1) is 39.4 Å². The minimum absolute atomic E-state index is 0.0283. The Labute approximate surface area is 556 Å². The van der Waals surface area contributed by atoms with Crippen LogP contribution in [0.5, 0.6) is 5.75 Å². The predicted molar refractivity (Wildman–Crippen MR) is 312 cm³/mol. The molecule has 0 aliphatic heterocycles. The summed E-state index contributed by atoms with van der Waals surface area (Å²) in [5.74, 6) is -2.99. The van der Waals surface area contributed by atoms with Crippen LogP contribution in [0, 0.1) is 17.1 Å². The molecule has 6 aromatic rings. The molecule has 0 saturated carbocycles. The number of nitriles is 1. The number of hydrogen-bond acceptors (Lipinski definition) is 4. The maximum absolute atomic E-state index is 12.8. The van der Waals surface area contributed by atoms with Gasteiger partial charge in [-0.1, -0.05) is 99.0 Å². The third-order valence-corrected chi connectivity index (χ3v) is 13.7. The fraction of sp³-hybridized carbons (Fsp3) is 0.438. The van der Waals surface area contributed by atoms with E-state index in [0.717, 1.165) is 54.6 Å². The Morgan fingerprint density at radius 2 is 0.673 bits per heavy atom. The van der Waals surface area contributed by atoms with Gasteiger partial charge in [-0.3, -0.25) is 0 Å². The molecule has 0 N–H and O–H groups in total. The van der Waals surface area contributed by atoms with E-state index in [9.17, 15) is 127 Å². The Morgan fingerprint density at radius 1 is 0.367 bits per heavy atom. The fourth-order valence-electron chi connectivity index (χ4n) is 7.30. The summed E-state index contributed by atoms with van der Waals surface area (Å²) in [7, 11) is 0. The Morgan fingerprint density at radius 3 is 1.01 bits per heavy atom. The molecule has 98 heavy (non-hydrogen) atoms. The molecular weight excluding hydrogens is 1480 g/mol. The number of benzene rings is 5. The van der Waals surface area contributed by atoms with E-state index in [1.807, 2.05) is 13.8 Å². The van der Waals surface area contributed by atoms with Crippen molar-refractivity contribution >= 4 is 27.7 Å². The number of nitrogens with zero attached hydrogens (tertiary/aromatic N) is 2. The molecular formula is C64H60BrF29N2OS. The first-order valence-electron chi connectivity index (χ1n) is 28.0. The lowest BCUT2D eigenvalue weighted by atomic mass is 9.98. The Kier molecular flexibility index (Phi) is 32.0. The van der Waals surface area contributed by atoms with Crippen molar-refractivity contribution in [2.24, 2.45) is 0 Å². The summed E-state index contributed by atoms with van der Waals surface area (Å²) in [6, 6.07) is 17.5. The second kappa shape index (κ2) is 35.1. The number of alkyl halides is 28. The summed E-state index contributed by atoms with van der Waals surface area (Å²) in [5, 5.41) is 8.62. The zero-order chi connectivity index (χ0) is 76.8. The van der Waals surface area contributed by atoms with E-state index in [0.29, 0.717) is 45.4 Å². The molecule has 0 aliphatic rings. The smallest absolute Gasteiger partial charge is 0.428 e. The number of pyridine rings is 1. The van der Waals surface area contributed by atoms with Crippen LogP contribution < -0.4 is 4.74 Å². The van der Waals surface area contributed by atoms with Gasteiger partial charge in [-0.15, -0.1) is 0 Å². The molecule has 0 radical (unpaired) electrons. The standard InChI is InChI=1S/C12H11F7O.C11H10F6S.C11H10F3N.C10H10BrF3.C10H9F6N.C10H10F4/c1-6(2)7-3-8(11(15,16)17)5-9(4-7)20-12(18,19)10(13)14;1-6(2)7-3-8(10(12,13)14)5-9(4-7)18-11(15,16)17;1-7(2)9-3-8(6-15)4-10(5-9)11(12,13)14;1-6(2)7-3-8(10(12,13)14)5-9(11)4-7;1-5(2)6-3-7(9(11,12)13)17-8(4-6)10(14,15)16;1-6(2)7-3-8(10(12,13)14)5-9(11)4-7/h3-6,10H,1-2H3;3-6H,1-2H3;3-5,7H,1-2H3;3-6H,1-2H3;3-5H,1-2H3;3-6H,1-2H3. The Balaban J connectivity index is 0.000000591. The molecule has 0 bridgehead atoms. The van der Waals surface area contributed by atoms with Crippen molar-refractivity contribution in [3.05, 3.63) is 192 Å². The van der Waals surface area contributed by atoms with Gasteiger partial charge in [-0.2, -0.15) is 128 Å². The van der Waals surface area contributed by atoms with Gasteiger partial charge in [0.25, 0.3) is 0 Å². The molecule has 0 fully saturated rings. The SMILES string of the molecule is CC(C)c1cc(Br)cc(C(F)(F)F)c1.CC(C)c1cc(C#N)cc(C(F)(F)F)c1.CC(C)c1cc(C(F)(F)F)nc(C(F)(F)F)c1.CC(C)c1cc(F)cc(C(F)(F)F)c1.CC(C)c1cc(OC(F)(F)C(F)F)cc(C(F)(F)F)c1.CC(C)c1cc(SC(F)(F)F)cc(C(F)(F)F)c1. The van der Waals surface area contributed by atoms with E-state index < -0.39 is 141 Å².